The van der Waals surface area contributed by atoms with Crippen molar-refractivity contribution in [1.29, 1.82) is 0 Å². The first kappa shape index (κ1) is 11.7. The molecule has 0 spiro atoms. The Labute approximate surface area is 94.6 Å². The predicted molar refractivity (Wildman–Crippen MR) is 58.3 cm³/mol. The van der Waals surface area contributed by atoms with Gasteiger partial charge in [0.1, 0.15) is 6.61 Å². The third-order valence-corrected chi connectivity index (χ3v) is 2.37. The minimum atomic E-state index is -0.930. The maximum Gasteiger partial charge on any atom is 0.326 e. The highest BCUT2D eigenvalue weighted by atomic mass is 79.9. The molecule has 3 N–H and O–H groups in total. The number of amides is 3. The van der Waals surface area contributed by atoms with Crippen molar-refractivity contribution >= 4 is 33.6 Å². The number of primary amides is 1. The highest BCUT2D eigenvalue weighted by Crippen LogP contribution is 2.25. The lowest BCUT2D eigenvalue weighted by atomic mass is 10.3. The third kappa shape index (κ3) is 2.54. The smallest absolute Gasteiger partial charge is 0.326 e. The van der Waals surface area contributed by atoms with Gasteiger partial charge in [0, 0.05) is 4.47 Å². The molecule has 15 heavy (non-hydrogen) atoms. The van der Waals surface area contributed by atoms with Crippen LogP contribution in [0.2, 0.25) is 0 Å². The van der Waals surface area contributed by atoms with Gasteiger partial charge >= 0.3 is 6.03 Å². The Morgan fingerprint density at radius 3 is 2.47 bits per heavy atom. The van der Waals surface area contributed by atoms with E-state index >= 15 is 0 Å². The van der Waals surface area contributed by atoms with Gasteiger partial charge in [-0.1, -0.05) is 12.1 Å². The lowest BCUT2D eigenvalue weighted by molar-refractivity contribution is -0.120. The second-order valence-corrected chi connectivity index (χ2v) is 3.53. The summed E-state index contributed by atoms with van der Waals surface area (Å²) in [6.45, 7) is -0.774. The molecule has 0 aliphatic carbocycles. The molecule has 5 nitrogen and oxygen atoms in total. The van der Waals surface area contributed by atoms with Crippen molar-refractivity contribution in [3.8, 4) is 0 Å². The zero-order valence-corrected chi connectivity index (χ0v) is 9.27. The molecule has 0 saturated heterocycles. The molecule has 6 heteroatoms. The second-order valence-electron chi connectivity index (χ2n) is 2.68. The number of urea groups is 1. The van der Waals surface area contributed by atoms with Crippen LogP contribution in [-0.2, 0) is 4.79 Å². The van der Waals surface area contributed by atoms with Crippen LogP contribution in [-0.4, -0.2) is 23.7 Å². The third-order valence-electron chi connectivity index (χ3n) is 1.70. The molecule has 80 valence electrons. The van der Waals surface area contributed by atoms with Crippen LogP contribution in [0.5, 0.6) is 0 Å². The molecule has 1 aromatic rings. The van der Waals surface area contributed by atoms with Gasteiger partial charge in [0.05, 0.1) is 5.69 Å². The van der Waals surface area contributed by atoms with Gasteiger partial charge in [-0.15, -0.1) is 0 Å². The molecule has 0 saturated carbocycles. The van der Waals surface area contributed by atoms with Crippen LogP contribution in [0, 0.1) is 0 Å². The van der Waals surface area contributed by atoms with Crippen molar-refractivity contribution in [2.24, 2.45) is 5.73 Å². The van der Waals surface area contributed by atoms with Crippen LogP contribution in [0.15, 0.2) is 28.7 Å². The highest BCUT2D eigenvalue weighted by molar-refractivity contribution is 9.10. The van der Waals surface area contributed by atoms with Gasteiger partial charge in [-0.3, -0.25) is 4.79 Å². The number of benzene rings is 1. The normalized spacial score (nSPS) is 9.73. The number of hydrogen-bond acceptors (Lipinski definition) is 3. The lowest BCUT2D eigenvalue weighted by Gasteiger charge is -2.18. The number of carbonyl (C=O) groups is 2. The molecule has 0 bridgehead atoms. The molecular formula is C9H9BrN2O3. The number of hydrogen-bond donors (Lipinski definition) is 2. The summed E-state index contributed by atoms with van der Waals surface area (Å²) in [6, 6.07) is 5.66. The van der Waals surface area contributed by atoms with Gasteiger partial charge < -0.3 is 10.8 Å². The monoisotopic (exact) mass is 272 g/mol. The zero-order valence-electron chi connectivity index (χ0n) is 7.68. The maximum atomic E-state index is 11.3. The van der Waals surface area contributed by atoms with Crippen molar-refractivity contribution in [3.05, 3.63) is 28.7 Å². The van der Waals surface area contributed by atoms with E-state index < -0.39 is 18.5 Å². The number of imide groups is 1. The molecule has 0 aliphatic rings. The average molecular weight is 273 g/mol. The summed E-state index contributed by atoms with van der Waals surface area (Å²) >= 11 is 3.18. The number of aliphatic hydroxyl groups excluding tert-OH is 1. The Hall–Kier alpha value is -1.40. The van der Waals surface area contributed by atoms with Gasteiger partial charge in [0.15, 0.2) is 0 Å². The fraction of sp³-hybridized carbons (Fsp3) is 0.111. The van der Waals surface area contributed by atoms with Crippen molar-refractivity contribution in [3.63, 3.8) is 0 Å². The van der Waals surface area contributed by atoms with Crippen molar-refractivity contribution in [2.45, 2.75) is 0 Å². The molecule has 0 fully saturated rings. The van der Waals surface area contributed by atoms with Crippen LogP contribution in [0.25, 0.3) is 0 Å². The van der Waals surface area contributed by atoms with Gasteiger partial charge in [-0.25, -0.2) is 9.69 Å². The highest BCUT2D eigenvalue weighted by Gasteiger charge is 2.21. The minimum Gasteiger partial charge on any atom is -0.387 e. The van der Waals surface area contributed by atoms with Gasteiger partial charge in [0.2, 0.25) is 0 Å². The van der Waals surface area contributed by atoms with Crippen molar-refractivity contribution < 1.29 is 14.7 Å². The number of nitrogens with two attached hydrogens (primary N) is 1. The topological polar surface area (TPSA) is 83.6 Å². The summed E-state index contributed by atoms with van der Waals surface area (Å²) in [5.41, 5.74) is 5.36. The van der Waals surface area contributed by atoms with E-state index in [1.54, 1.807) is 24.3 Å². The molecule has 0 aromatic heterocycles. The number of anilines is 1. The fourth-order valence-corrected chi connectivity index (χ4v) is 1.54. The summed E-state index contributed by atoms with van der Waals surface area (Å²) in [4.78, 5) is 23.0. The average Bonchev–Trinajstić information content (AvgIpc) is 2.20. The Balaban J connectivity index is 3.16. The zero-order chi connectivity index (χ0) is 11.4. The van der Waals surface area contributed by atoms with Crippen LogP contribution in [0.4, 0.5) is 10.5 Å². The predicted octanol–water partition coefficient (Wildman–Crippen LogP) is 0.853. The Bertz CT molecular complexity index is 395. The molecule has 0 radical (unpaired) electrons. The van der Waals surface area contributed by atoms with Crippen LogP contribution in [0.3, 0.4) is 0 Å². The largest absolute Gasteiger partial charge is 0.387 e. The number of carbonyl (C=O) groups excluding carboxylic acids is 2. The molecule has 3 amide bonds. The summed E-state index contributed by atoms with van der Waals surface area (Å²) in [5.74, 6) is -0.769. The van der Waals surface area contributed by atoms with Crippen LogP contribution >= 0.6 is 15.9 Å². The number of para-hydroxylation sites is 1. The Kier molecular flexibility index (Phi) is 3.81. The molecule has 0 heterocycles. The summed E-state index contributed by atoms with van der Waals surface area (Å²) in [5, 5.41) is 8.69. The number of aliphatic hydroxyl groups is 1. The number of halogens is 1. The minimum absolute atomic E-state index is 0.309. The van der Waals surface area contributed by atoms with Crippen molar-refractivity contribution in [1.82, 2.24) is 0 Å². The maximum absolute atomic E-state index is 11.3. The molecule has 1 rings (SSSR count). The van der Waals surface area contributed by atoms with Gasteiger partial charge in [-0.05, 0) is 28.1 Å². The van der Waals surface area contributed by atoms with Crippen LogP contribution < -0.4 is 10.6 Å². The summed E-state index contributed by atoms with van der Waals surface area (Å²) in [7, 11) is 0. The van der Waals surface area contributed by atoms with E-state index in [9.17, 15) is 9.59 Å². The summed E-state index contributed by atoms with van der Waals surface area (Å²) < 4.78 is 0.547. The molecule has 1 aromatic carbocycles. The van der Waals surface area contributed by atoms with Gasteiger partial charge in [0.25, 0.3) is 5.91 Å². The van der Waals surface area contributed by atoms with Gasteiger partial charge in [-0.2, -0.15) is 0 Å². The quantitative estimate of drug-likeness (QED) is 0.837. The van der Waals surface area contributed by atoms with E-state index in [0.717, 1.165) is 0 Å². The first-order chi connectivity index (χ1) is 7.07. The number of rotatable bonds is 2. The van der Waals surface area contributed by atoms with E-state index in [4.69, 9.17) is 10.8 Å². The second kappa shape index (κ2) is 4.90. The molecule has 0 atom stereocenters. The SMILES string of the molecule is NC(=O)N(C(=O)CO)c1ccccc1Br. The van der Waals surface area contributed by atoms with E-state index in [1.807, 2.05) is 0 Å². The standard InChI is InChI=1S/C9H9BrN2O3/c10-6-3-1-2-4-7(6)12(9(11)15)8(14)5-13/h1-4,13H,5H2,(H2,11,15). The van der Waals surface area contributed by atoms with Crippen molar-refractivity contribution in [2.75, 3.05) is 11.5 Å². The first-order valence-electron chi connectivity index (χ1n) is 4.05. The van der Waals surface area contributed by atoms with E-state index in [2.05, 4.69) is 15.9 Å². The van der Waals surface area contributed by atoms with E-state index in [-0.39, 0.29) is 0 Å². The molecule has 0 aliphatic heterocycles. The lowest BCUT2D eigenvalue weighted by Crippen LogP contribution is -2.42. The van der Waals surface area contributed by atoms with Crippen LogP contribution in [0.1, 0.15) is 0 Å². The first-order valence-corrected chi connectivity index (χ1v) is 4.85. The van der Waals surface area contributed by atoms with E-state index in [0.29, 0.717) is 15.1 Å². The Morgan fingerprint density at radius 2 is 2.00 bits per heavy atom. The molecule has 0 unspecified atom stereocenters. The Morgan fingerprint density at radius 1 is 1.40 bits per heavy atom. The fourth-order valence-electron chi connectivity index (χ4n) is 1.08. The summed E-state index contributed by atoms with van der Waals surface area (Å²) in [6.07, 6.45) is 0. The number of nitrogens with zero attached hydrogens (tertiary/aromatic N) is 1. The van der Waals surface area contributed by atoms with E-state index in [1.165, 1.54) is 0 Å². The molecular weight excluding hydrogens is 264 g/mol.